The molecule has 0 radical (unpaired) electrons. The van der Waals surface area contributed by atoms with Crippen molar-refractivity contribution in [2.75, 3.05) is 4.90 Å². The van der Waals surface area contributed by atoms with Crippen LogP contribution in [-0.4, -0.2) is 0 Å². The lowest BCUT2D eigenvalue weighted by Crippen LogP contribution is -2.55. The van der Waals surface area contributed by atoms with Gasteiger partial charge in [-0.1, -0.05) is 103 Å². The van der Waals surface area contributed by atoms with E-state index in [0.717, 1.165) is 23.7 Å². The zero-order valence-electron chi connectivity index (χ0n) is 30.5. The fourth-order valence-corrected chi connectivity index (χ4v) is 14.7. The molecule has 9 aromatic rings. The van der Waals surface area contributed by atoms with Gasteiger partial charge in [-0.2, -0.15) is 0 Å². The Hall–Kier alpha value is -5.22. The molecule has 0 amide bonds. The topological polar surface area (TPSA) is 3.24 Å². The van der Waals surface area contributed by atoms with Crippen LogP contribution in [0.1, 0.15) is 43.2 Å². The molecule has 55 heavy (non-hydrogen) atoms. The van der Waals surface area contributed by atoms with Crippen molar-refractivity contribution >= 4 is 80.1 Å². The number of rotatable bonds is 4. The van der Waals surface area contributed by atoms with E-state index in [0.29, 0.717) is 0 Å². The van der Waals surface area contributed by atoms with Crippen molar-refractivity contribution in [2.24, 2.45) is 23.7 Å². The monoisotopic (exact) mass is 741 g/mol. The van der Waals surface area contributed by atoms with Crippen LogP contribution >= 0.6 is 22.7 Å². The van der Waals surface area contributed by atoms with Gasteiger partial charge in [-0.3, -0.25) is 0 Å². The van der Waals surface area contributed by atoms with Crippen molar-refractivity contribution in [2.45, 2.75) is 37.5 Å². The van der Waals surface area contributed by atoms with Crippen LogP contribution in [0.25, 0.3) is 62.6 Å². The summed E-state index contributed by atoms with van der Waals surface area (Å²) in [4.78, 5) is 2.46. The largest absolute Gasteiger partial charge is 0.310 e. The number of benzene rings is 7. The van der Waals surface area contributed by atoms with Gasteiger partial charge in [-0.25, -0.2) is 0 Å². The van der Waals surface area contributed by atoms with Gasteiger partial charge >= 0.3 is 0 Å². The van der Waals surface area contributed by atoms with E-state index >= 15 is 0 Å². The van der Waals surface area contributed by atoms with Crippen LogP contribution < -0.4 is 4.90 Å². The maximum atomic E-state index is 2.52. The molecule has 4 saturated carbocycles. The molecule has 5 aliphatic carbocycles. The van der Waals surface area contributed by atoms with Crippen molar-refractivity contribution in [3.8, 4) is 22.3 Å². The number of anilines is 3. The SMILES string of the molecule is c1ccc2c(c1)-c1c(-c3ccc(N(c4ccc5c(c4)sc4ccccc45)c4ccc5c(c4)sc4ccccc45)cc3)cccc1C21C2CC3CC(C2)CC1C3. The second-order valence-electron chi connectivity index (χ2n) is 16.9. The molecule has 1 nitrogen and oxygen atoms in total. The molecule has 4 bridgehead atoms. The van der Waals surface area contributed by atoms with Gasteiger partial charge in [-0.05, 0) is 138 Å². The third-order valence-corrected chi connectivity index (χ3v) is 16.5. The Bertz CT molecular complexity index is 2880. The molecule has 0 aliphatic heterocycles. The molecular formula is C52H39NS2. The molecule has 0 saturated heterocycles. The van der Waals surface area contributed by atoms with E-state index in [-0.39, 0.29) is 5.41 Å². The van der Waals surface area contributed by atoms with E-state index in [9.17, 15) is 0 Å². The fourth-order valence-electron chi connectivity index (χ4n) is 12.4. The highest BCUT2D eigenvalue weighted by atomic mass is 32.1. The number of nitrogens with zero attached hydrogens (tertiary/aromatic N) is 1. The first kappa shape index (κ1) is 31.0. The Labute approximate surface area is 329 Å². The van der Waals surface area contributed by atoms with E-state index in [4.69, 9.17) is 0 Å². The first-order valence-corrected chi connectivity index (χ1v) is 21.8. The van der Waals surface area contributed by atoms with E-state index in [2.05, 4.69) is 157 Å². The standard InChI is InChI=1S/C52H39NS2/c1-4-12-45-44(10-1)51-39(11-7-13-46(51)52(45)34-25-31-24-32(27-34)28-35(52)26-31)33-16-18-36(19-17-33)53(37-20-22-42-40-8-2-5-14-47(40)54-49(42)29-37)38-21-23-43-41-9-3-6-15-48(41)55-50(43)30-38/h1-23,29-32,34-35H,24-28H2. The smallest absolute Gasteiger partial charge is 0.0476 e. The molecule has 7 aromatic carbocycles. The maximum Gasteiger partial charge on any atom is 0.0476 e. The summed E-state index contributed by atoms with van der Waals surface area (Å²) in [6, 6.07) is 58.0. The Morgan fingerprint density at radius 1 is 0.418 bits per heavy atom. The van der Waals surface area contributed by atoms with E-state index < -0.39 is 0 Å². The highest BCUT2D eigenvalue weighted by Crippen LogP contribution is 2.70. The van der Waals surface area contributed by atoms with Gasteiger partial charge in [0.15, 0.2) is 0 Å². The molecule has 0 unspecified atom stereocenters. The molecule has 0 atom stereocenters. The summed E-state index contributed by atoms with van der Waals surface area (Å²) in [5.41, 5.74) is 12.7. The van der Waals surface area contributed by atoms with Gasteiger partial charge in [0.1, 0.15) is 0 Å². The zero-order chi connectivity index (χ0) is 35.8. The highest BCUT2D eigenvalue weighted by molar-refractivity contribution is 7.26. The second-order valence-corrected chi connectivity index (χ2v) is 19.1. The molecule has 264 valence electrons. The summed E-state index contributed by atoms with van der Waals surface area (Å²) in [6.07, 6.45) is 7.13. The van der Waals surface area contributed by atoms with Gasteiger partial charge in [0.25, 0.3) is 0 Å². The van der Waals surface area contributed by atoms with E-state index in [1.165, 1.54) is 112 Å². The summed E-state index contributed by atoms with van der Waals surface area (Å²) in [5.74, 6) is 3.44. The minimum atomic E-state index is 0.183. The fraction of sp³-hybridized carbons (Fsp3) is 0.192. The summed E-state index contributed by atoms with van der Waals surface area (Å²) < 4.78 is 5.32. The number of hydrogen-bond donors (Lipinski definition) is 0. The highest BCUT2D eigenvalue weighted by Gasteiger charge is 2.61. The second kappa shape index (κ2) is 11.4. The normalized spacial score (nSPS) is 23.3. The lowest BCUT2D eigenvalue weighted by Gasteiger charge is -2.61. The van der Waals surface area contributed by atoms with E-state index in [1.807, 2.05) is 22.7 Å². The minimum absolute atomic E-state index is 0.183. The van der Waals surface area contributed by atoms with Crippen LogP contribution in [0.15, 0.2) is 152 Å². The predicted molar refractivity (Wildman–Crippen MR) is 236 cm³/mol. The van der Waals surface area contributed by atoms with Gasteiger partial charge < -0.3 is 4.90 Å². The summed E-state index contributed by atoms with van der Waals surface area (Å²) in [5, 5.41) is 5.33. The summed E-state index contributed by atoms with van der Waals surface area (Å²) in [7, 11) is 0. The Morgan fingerprint density at radius 2 is 0.927 bits per heavy atom. The van der Waals surface area contributed by atoms with Crippen LogP contribution in [0.5, 0.6) is 0 Å². The molecule has 14 rings (SSSR count). The molecule has 1 spiro atoms. The van der Waals surface area contributed by atoms with E-state index in [1.54, 1.807) is 11.1 Å². The van der Waals surface area contributed by atoms with Gasteiger partial charge in [0.2, 0.25) is 0 Å². The molecule has 0 N–H and O–H groups in total. The van der Waals surface area contributed by atoms with Gasteiger partial charge in [0, 0.05) is 62.8 Å². The molecule has 2 aromatic heterocycles. The molecule has 2 heterocycles. The van der Waals surface area contributed by atoms with Crippen molar-refractivity contribution in [3.05, 3.63) is 163 Å². The predicted octanol–water partition coefficient (Wildman–Crippen LogP) is 15.3. The average Bonchev–Trinajstić information content (AvgIpc) is 3.88. The maximum absolute atomic E-state index is 2.52. The van der Waals surface area contributed by atoms with Crippen molar-refractivity contribution in [1.82, 2.24) is 0 Å². The first-order valence-electron chi connectivity index (χ1n) is 20.2. The van der Waals surface area contributed by atoms with Gasteiger partial charge in [0.05, 0.1) is 0 Å². The Balaban J connectivity index is 0.960. The van der Waals surface area contributed by atoms with Crippen LogP contribution in [0.2, 0.25) is 0 Å². The average molecular weight is 742 g/mol. The van der Waals surface area contributed by atoms with Gasteiger partial charge in [-0.15, -0.1) is 22.7 Å². The Kier molecular flexibility index (Phi) is 6.44. The molecule has 3 heteroatoms. The van der Waals surface area contributed by atoms with Crippen LogP contribution in [-0.2, 0) is 5.41 Å². The number of fused-ring (bicyclic) bond motifs is 9. The summed E-state index contributed by atoms with van der Waals surface area (Å²) in [6.45, 7) is 0. The van der Waals surface area contributed by atoms with Crippen molar-refractivity contribution < 1.29 is 0 Å². The van der Waals surface area contributed by atoms with Crippen molar-refractivity contribution in [3.63, 3.8) is 0 Å². The lowest BCUT2D eigenvalue weighted by molar-refractivity contribution is -0.0399. The third kappa shape index (κ3) is 4.29. The zero-order valence-corrected chi connectivity index (χ0v) is 32.2. The van der Waals surface area contributed by atoms with Crippen LogP contribution in [0.4, 0.5) is 17.1 Å². The lowest BCUT2D eigenvalue weighted by atomic mass is 9.43. The molecule has 5 aliphatic rings. The number of thiophene rings is 2. The molecule has 4 fully saturated rings. The molecular weight excluding hydrogens is 703 g/mol. The third-order valence-electron chi connectivity index (χ3n) is 14.3. The number of hydrogen-bond acceptors (Lipinski definition) is 3. The van der Waals surface area contributed by atoms with Crippen LogP contribution in [0, 0.1) is 23.7 Å². The summed E-state index contributed by atoms with van der Waals surface area (Å²) >= 11 is 3.78. The first-order chi connectivity index (χ1) is 27.2. The quantitative estimate of drug-likeness (QED) is 0.174. The minimum Gasteiger partial charge on any atom is -0.310 e. The van der Waals surface area contributed by atoms with Crippen LogP contribution in [0.3, 0.4) is 0 Å². The Morgan fingerprint density at radius 3 is 1.56 bits per heavy atom. The van der Waals surface area contributed by atoms with Crippen molar-refractivity contribution in [1.29, 1.82) is 0 Å².